The number of aliphatic hydroxyl groups excluding tert-OH is 1. The van der Waals surface area contributed by atoms with Gasteiger partial charge in [0.2, 0.25) is 5.72 Å². The van der Waals surface area contributed by atoms with Gasteiger partial charge in [0.1, 0.15) is 23.4 Å². The minimum absolute atomic E-state index is 0. The summed E-state index contributed by atoms with van der Waals surface area (Å²) in [6.45, 7) is 3.70. The molecule has 450 valence electrons. The molecule has 9 aliphatic rings. The van der Waals surface area contributed by atoms with Crippen LogP contribution in [0.4, 0.5) is 5.82 Å². The molecule has 1 saturated carbocycles. The van der Waals surface area contributed by atoms with Gasteiger partial charge in [-0.1, -0.05) is 110 Å². The van der Waals surface area contributed by atoms with Crippen LogP contribution in [0.3, 0.4) is 0 Å². The first-order valence-corrected chi connectivity index (χ1v) is 32.8. The van der Waals surface area contributed by atoms with E-state index in [-0.39, 0.29) is 102 Å². The second-order valence-electron chi connectivity index (χ2n) is 26.2. The molecule has 10 bridgehead atoms. The van der Waals surface area contributed by atoms with E-state index in [1.165, 1.54) is 16.7 Å². The number of rotatable bonds is 12. The second kappa shape index (κ2) is 25.5. The summed E-state index contributed by atoms with van der Waals surface area (Å²) in [4.78, 5) is 8.48. The normalized spacial score (nSPS) is 30.3. The second-order valence-corrected chi connectivity index (χ2v) is 27.8. The van der Waals surface area contributed by atoms with Crippen LogP contribution in [-0.4, -0.2) is 75.9 Å². The fourth-order valence-corrected chi connectivity index (χ4v) is 17.6. The average molecular weight is 1200 g/mol. The van der Waals surface area contributed by atoms with E-state index >= 15 is 0 Å². The molecule has 6 aromatic rings. The van der Waals surface area contributed by atoms with E-state index in [2.05, 4.69) is 82.9 Å². The predicted molar refractivity (Wildman–Crippen MR) is 333 cm³/mol. The van der Waals surface area contributed by atoms with Crippen LogP contribution in [-0.2, 0) is 39.8 Å². The van der Waals surface area contributed by atoms with Crippen molar-refractivity contribution >= 4 is 21.9 Å². The largest absolute Gasteiger partial charge is 1.00 e. The first-order chi connectivity index (χ1) is 41.6. The minimum atomic E-state index is -4.96. The van der Waals surface area contributed by atoms with Gasteiger partial charge in [-0.2, -0.15) is 0 Å². The van der Waals surface area contributed by atoms with Gasteiger partial charge in [0.05, 0.1) is 27.1 Å². The van der Waals surface area contributed by atoms with Crippen molar-refractivity contribution in [2.24, 2.45) is 46.0 Å². The number of hydrogen-bond acceptors (Lipinski definition) is 11. The predicted octanol–water partition coefficient (Wildman–Crippen LogP) is 7.78. The number of hydrogen-bond donors (Lipinski definition) is 8. The first kappa shape index (κ1) is 61.3. The fraction of sp³-hybridized carbons (Fsp3) is 0.451. The average Bonchev–Trinajstić information content (AvgIpc) is 1.92. The molecular formula is C71H81N6NaO8S. The fourth-order valence-electron chi connectivity index (χ4n) is 16.6. The number of aromatic amines is 1. The maximum Gasteiger partial charge on any atom is 1.00 e. The summed E-state index contributed by atoms with van der Waals surface area (Å²) >= 11 is 0. The zero-order valence-corrected chi connectivity index (χ0v) is 52.9. The van der Waals surface area contributed by atoms with Crippen LogP contribution < -0.4 is 56.4 Å². The number of aromatic hydroxyl groups is 1. The first-order valence-electron chi connectivity index (χ1n) is 31.3. The Morgan fingerprint density at radius 3 is 2.51 bits per heavy atom. The summed E-state index contributed by atoms with van der Waals surface area (Å²) in [5, 5.41) is 41.3. The van der Waals surface area contributed by atoms with Gasteiger partial charge in [0.25, 0.3) is 0 Å². The Bertz CT molecular complexity index is 3680. The number of nitrogens with zero attached hydrogens (tertiary/aromatic N) is 1. The van der Waals surface area contributed by atoms with E-state index in [0.717, 1.165) is 78.0 Å². The number of phenols is 1. The van der Waals surface area contributed by atoms with Crippen molar-refractivity contribution in [2.45, 2.75) is 149 Å². The molecule has 2 fully saturated rings. The van der Waals surface area contributed by atoms with E-state index in [9.17, 15) is 28.3 Å². The van der Waals surface area contributed by atoms with Crippen molar-refractivity contribution in [3.63, 3.8) is 0 Å². The summed E-state index contributed by atoms with van der Waals surface area (Å²) in [5.74, 6) is 5.84. The molecule has 15 rings (SSSR count). The van der Waals surface area contributed by atoms with Crippen LogP contribution in [0.2, 0.25) is 0 Å². The standard InChI is InChI=1S/C71H82N6O8S.Na/c1-43-14-15-50-34-57-23-25-59(50)61(43)38-65(86(81,82)83)63-37-53-32-52(35-58-31-45(42-78)10-5-11-49-33-56(79)22-24-60(49)68(53)84-58)67(63)47-18-20-54(21-19-47)71(85-57,77-69(72)73)40-55(30-44-8-3-2-4-9-44)70(80)27-6-12-51(39-70)48-17-16-46-26-29-74-64(62(46)36-48)41-76-66-13-7-28-75-66;/h2-4,7-9,13,16-25,28,33-34,36-37,43,45,51-52,55,58,61,63-65,67-68,74-76,78-80H,6,10,12,14-15,26-27,29-32,35,38-42H2,1H3,(H4,72,73,77)(H,81,82,83);/q;+1/p-1/t43-,45+,51+,52-,55+,58-,61+,63-,64+,65-,67+,68-,70-,71-;/m1./s1. The van der Waals surface area contributed by atoms with Crippen molar-refractivity contribution in [1.29, 1.82) is 0 Å². The number of nitrogens with two attached hydrogens (primary N) is 2. The Balaban J connectivity index is 0.00000739. The number of ether oxygens (including phenoxy) is 2. The van der Waals surface area contributed by atoms with Gasteiger partial charge < -0.3 is 56.4 Å². The van der Waals surface area contributed by atoms with Crippen molar-refractivity contribution in [3.05, 3.63) is 195 Å². The van der Waals surface area contributed by atoms with Crippen LogP contribution in [0.1, 0.15) is 163 Å². The molecule has 0 radical (unpaired) electrons. The van der Waals surface area contributed by atoms with Gasteiger partial charge in [-0.3, -0.25) is 0 Å². The molecule has 5 aromatic carbocycles. The Hall–Kier alpha value is -5.90. The molecule has 14 atom stereocenters. The number of benzene rings is 5. The monoisotopic (exact) mass is 1200 g/mol. The number of aliphatic imine (C=N–C) groups is 1. The molecule has 3 aliphatic carbocycles. The third-order valence-electron chi connectivity index (χ3n) is 20.8. The number of phenolic OH excluding ortho intramolecular Hbond substituents is 1. The van der Waals surface area contributed by atoms with Crippen LogP contribution in [0.15, 0.2) is 144 Å². The Kier molecular flexibility index (Phi) is 18.0. The zero-order valence-electron chi connectivity index (χ0n) is 50.0. The summed E-state index contributed by atoms with van der Waals surface area (Å²) in [5.41, 5.74) is 21.3. The number of fused-ring (bicyclic) bond motifs is 10. The van der Waals surface area contributed by atoms with Gasteiger partial charge in [0, 0.05) is 54.9 Å². The van der Waals surface area contributed by atoms with E-state index in [1.807, 2.05) is 72.9 Å². The Morgan fingerprint density at radius 2 is 1.72 bits per heavy atom. The van der Waals surface area contributed by atoms with Gasteiger partial charge in [0.15, 0.2) is 5.96 Å². The molecule has 7 heterocycles. The molecule has 16 heteroatoms. The van der Waals surface area contributed by atoms with Crippen molar-refractivity contribution in [3.8, 4) is 23.3 Å². The molecule has 87 heavy (non-hydrogen) atoms. The number of aliphatic hydroxyl groups is 2. The minimum Gasteiger partial charge on any atom is -0.748 e. The van der Waals surface area contributed by atoms with Crippen LogP contribution in [0.5, 0.6) is 11.5 Å². The molecule has 14 nitrogen and oxygen atoms in total. The quantitative estimate of drug-likeness (QED) is 0.0146. The van der Waals surface area contributed by atoms with Crippen molar-refractivity contribution < 1.29 is 67.3 Å². The molecule has 1 aromatic heterocycles. The third-order valence-corrected chi connectivity index (χ3v) is 22.1. The van der Waals surface area contributed by atoms with Crippen LogP contribution in [0.25, 0.3) is 0 Å². The SMILES string of the molecule is C[C@@H]1CCc2cc3ccc2[C@H]1C[C@@H](S(=O)(=O)[O-])[C@H]1C=C2C[C@H](C[C@H]4C[C@@H](CO)CC#Cc5cc(O)ccc5[C@@H]2O4)[C@@H]1c1ccc(cc1)[C@](C[C@H](Cc1ccccc1)[C@@]1(O)CCC[C@H](c2ccc4c(c2)[C@H](CNc2ccc[nH]2)NCC4)C1)(N=C(N)N)O3.[Na+]. The third kappa shape index (κ3) is 12.8. The molecule has 0 spiro atoms. The molecule has 0 amide bonds. The molecule has 10 N–H and O–H groups in total. The van der Waals surface area contributed by atoms with Crippen molar-refractivity contribution in [1.82, 2.24) is 10.3 Å². The van der Waals surface area contributed by atoms with E-state index in [0.29, 0.717) is 68.2 Å². The van der Waals surface area contributed by atoms with Gasteiger partial charge >= 0.3 is 29.6 Å². The van der Waals surface area contributed by atoms with E-state index in [1.54, 1.807) is 12.1 Å². The van der Waals surface area contributed by atoms with Gasteiger partial charge in [-0.25, -0.2) is 13.4 Å². The summed E-state index contributed by atoms with van der Waals surface area (Å²) in [6.07, 6.45) is 11.2. The number of guanidine groups is 1. The Labute approximate surface area is 534 Å². The van der Waals surface area contributed by atoms with Crippen molar-refractivity contribution in [2.75, 3.05) is 25.0 Å². The maximum atomic E-state index is 14.4. The van der Waals surface area contributed by atoms with Crippen LogP contribution >= 0.6 is 0 Å². The topological polar surface area (TPSA) is 241 Å². The maximum absolute atomic E-state index is 14.4. The number of aryl methyl sites for hydroxylation is 1. The summed E-state index contributed by atoms with van der Waals surface area (Å²) in [6, 6.07) is 40.7. The van der Waals surface area contributed by atoms with Gasteiger partial charge in [-0.15, -0.1) is 0 Å². The van der Waals surface area contributed by atoms with Gasteiger partial charge in [-0.05, 0) is 212 Å². The molecule has 6 aliphatic heterocycles. The number of H-pyrrole nitrogens is 1. The number of anilines is 1. The molecular weight excluding hydrogens is 1120 g/mol. The van der Waals surface area contributed by atoms with E-state index < -0.39 is 50.6 Å². The molecule has 0 unspecified atom stereocenters. The summed E-state index contributed by atoms with van der Waals surface area (Å²) in [7, 11) is -4.96. The van der Waals surface area contributed by atoms with Crippen LogP contribution in [0, 0.1) is 41.4 Å². The Morgan fingerprint density at radius 1 is 0.908 bits per heavy atom. The smallest absolute Gasteiger partial charge is 0.748 e. The molecule has 1 saturated heterocycles. The number of aromatic nitrogens is 1. The number of allylic oxidation sites excluding steroid dienone is 1. The zero-order chi connectivity index (χ0) is 59.3. The summed E-state index contributed by atoms with van der Waals surface area (Å²) < 4.78 is 57.9. The van der Waals surface area contributed by atoms with E-state index in [4.69, 9.17) is 25.9 Å². The number of nitrogens with one attached hydrogen (secondary N) is 3.